The van der Waals surface area contributed by atoms with Crippen LogP contribution in [0.25, 0.3) is 0 Å². The molecule has 2 aliphatic heterocycles. The third-order valence-corrected chi connectivity index (χ3v) is 5.25. The summed E-state index contributed by atoms with van der Waals surface area (Å²) < 4.78 is 6.15. The van der Waals surface area contributed by atoms with Gasteiger partial charge in [-0.25, -0.2) is 0 Å². The molecule has 2 aliphatic rings. The fraction of sp³-hybridized carbons (Fsp3) is 1.00. The summed E-state index contributed by atoms with van der Waals surface area (Å²) in [6, 6.07) is 0. The van der Waals surface area contributed by atoms with Gasteiger partial charge in [-0.05, 0) is 44.9 Å². The molecule has 0 aromatic heterocycles. The predicted molar refractivity (Wildman–Crippen MR) is 71.1 cm³/mol. The Kier molecular flexibility index (Phi) is 4.20. The lowest BCUT2D eigenvalue weighted by atomic mass is 9.84. The van der Waals surface area contributed by atoms with Crippen LogP contribution >= 0.6 is 11.8 Å². The average Bonchev–Trinajstić information content (AvgIpc) is 2.66. The number of piperidine rings is 1. The van der Waals surface area contributed by atoms with Crippen molar-refractivity contribution in [3.63, 3.8) is 0 Å². The van der Waals surface area contributed by atoms with E-state index < -0.39 is 0 Å². The molecule has 2 fully saturated rings. The Bertz CT molecular complexity index is 226. The predicted octanol–water partition coefficient (Wildman–Crippen LogP) is 2.63. The second-order valence-corrected chi connectivity index (χ2v) is 6.93. The normalized spacial score (nSPS) is 32.1. The Morgan fingerprint density at radius 1 is 1.44 bits per heavy atom. The van der Waals surface area contributed by atoms with Crippen LogP contribution in [-0.4, -0.2) is 48.8 Å². The van der Waals surface area contributed by atoms with Crippen LogP contribution in [0, 0.1) is 5.92 Å². The summed E-state index contributed by atoms with van der Waals surface area (Å²) in [4.78, 5) is 2.42. The van der Waals surface area contributed by atoms with Crippen LogP contribution in [0.1, 0.15) is 32.6 Å². The smallest absolute Gasteiger partial charge is 0.0710 e. The first-order chi connectivity index (χ1) is 7.63. The van der Waals surface area contributed by atoms with Gasteiger partial charge in [-0.2, -0.15) is 11.8 Å². The number of rotatable bonds is 3. The van der Waals surface area contributed by atoms with Gasteiger partial charge in [0.2, 0.25) is 0 Å². The molecule has 0 amide bonds. The molecule has 3 heteroatoms. The van der Waals surface area contributed by atoms with E-state index in [-0.39, 0.29) is 5.60 Å². The molecule has 16 heavy (non-hydrogen) atoms. The van der Waals surface area contributed by atoms with Crippen molar-refractivity contribution in [2.75, 3.05) is 33.0 Å². The minimum absolute atomic E-state index is 0.259. The minimum atomic E-state index is 0.259. The van der Waals surface area contributed by atoms with E-state index in [9.17, 15) is 0 Å². The fourth-order valence-corrected chi connectivity index (χ4v) is 3.49. The van der Waals surface area contributed by atoms with Crippen LogP contribution in [0.3, 0.4) is 0 Å². The maximum Gasteiger partial charge on any atom is 0.0710 e. The number of nitrogens with zero attached hydrogens (tertiary/aromatic N) is 1. The second-order valence-electron chi connectivity index (χ2n) is 5.65. The van der Waals surface area contributed by atoms with Crippen LogP contribution in [-0.2, 0) is 4.74 Å². The van der Waals surface area contributed by atoms with E-state index in [0.717, 1.165) is 17.8 Å². The number of hydrogen-bond donors (Lipinski definition) is 0. The molecule has 2 saturated heterocycles. The summed E-state index contributed by atoms with van der Waals surface area (Å²) >= 11 is 1.98. The molecule has 0 saturated carbocycles. The van der Waals surface area contributed by atoms with Gasteiger partial charge in [-0.3, -0.25) is 0 Å². The van der Waals surface area contributed by atoms with Gasteiger partial charge in [0, 0.05) is 18.3 Å². The largest absolute Gasteiger partial charge is 0.375 e. The number of thioether (sulfide) groups is 1. The molecule has 2 heterocycles. The fourth-order valence-electron chi connectivity index (χ4n) is 3.03. The summed E-state index contributed by atoms with van der Waals surface area (Å²) in [7, 11) is 2.22. The van der Waals surface area contributed by atoms with Crippen LogP contribution in [0.4, 0.5) is 0 Å². The minimum Gasteiger partial charge on any atom is -0.375 e. The Morgan fingerprint density at radius 3 is 2.75 bits per heavy atom. The van der Waals surface area contributed by atoms with E-state index >= 15 is 0 Å². The standard InChI is InChI=1S/C13H25NOS/c1-11(16-3)8-12-9-13(15-10-12)4-6-14(2)7-5-13/h11-12H,4-10H2,1-3H3. The monoisotopic (exact) mass is 243 g/mol. The summed E-state index contributed by atoms with van der Waals surface area (Å²) in [6.07, 6.45) is 7.34. The van der Waals surface area contributed by atoms with Crippen LogP contribution < -0.4 is 0 Å². The molecular formula is C13H25NOS. The van der Waals surface area contributed by atoms with E-state index in [1.54, 1.807) is 0 Å². The summed E-state index contributed by atoms with van der Waals surface area (Å²) in [5.74, 6) is 0.811. The lowest BCUT2D eigenvalue weighted by Gasteiger charge is -2.37. The first-order valence-electron chi connectivity index (χ1n) is 6.49. The van der Waals surface area contributed by atoms with Crippen molar-refractivity contribution in [1.82, 2.24) is 4.90 Å². The van der Waals surface area contributed by atoms with E-state index in [2.05, 4.69) is 25.1 Å². The highest BCUT2D eigenvalue weighted by molar-refractivity contribution is 7.99. The summed E-state index contributed by atoms with van der Waals surface area (Å²) in [5.41, 5.74) is 0.259. The van der Waals surface area contributed by atoms with E-state index in [1.165, 1.54) is 38.8 Å². The van der Waals surface area contributed by atoms with Crippen molar-refractivity contribution in [1.29, 1.82) is 0 Å². The number of likely N-dealkylation sites (tertiary alicyclic amines) is 1. The van der Waals surface area contributed by atoms with Gasteiger partial charge in [0.15, 0.2) is 0 Å². The maximum atomic E-state index is 6.15. The molecule has 2 unspecified atom stereocenters. The van der Waals surface area contributed by atoms with Crippen LogP contribution in [0.15, 0.2) is 0 Å². The average molecular weight is 243 g/mol. The summed E-state index contributed by atoms with van der Waals surface area (Å²) in [5, 5.41) is 0.787. The summed E-state index contributed by atoms with van der Waals surface area (Å²) in [6.45, 7) is 5.77. The molecule has 0 radical (unpaired) electrons. The highest BCUT2D eigenvalue weighted by atomic mass is 32.2. The highest BCUT2D eigenvalue weighted by Crippen LogP contribution is 2.40. The SMILES string of the molecule is CSC(C)CC1COC2(CCN(C)CC2)C1. The lowest BCUT2D eigenvalue weighted by Crippen LogP contribution is -2.42. The Morgan fingerprint density at radius 2 is 2.12 bits per heavy atom. The molecule has 0 N–H and O–H groups in total. The molecule has 2 nitrogen and oxygen atoms in total. The van der Waals surface area contributed by atoms with E-state index in [1.807, 2.05) is 11.8 Å². The molecule has 0 aromatic rings. The zero-order valence-corrected chi connectivity index (χ0v) is 11.7. The molecule has 0 aliphatic carbocycles. The Hall–Kier alpha value is 0.270. The zero-order valence-electron chi connectivity index (χ0n) is 10.9. The number of ether oxygens (including phenoxy) is 1. The van der Waals surface area contributed by atoms with Crippen molar-refractivity contribution in [3.8, 4) is 0 Å². The van der Waals surface area contributed by atoms with Crippen LogP contribution in [0.5, 0.6) is 0 Å². The Labute approximate surface area is 104 Å². The third kappa shape index (κ3) is 2.93. The molecule has 2 rings (SSSR count). The van der Waals surface area contributed by atoms with Gasteiger partial charge >= 0.3 is 0 Å². The molecule has 1 spiro atoms. The topological polar surface area (TPSA) is 12.5 Å². The van der Waals surface area contributed by atoms with E-state index in [0.29, 0.717) is 0 Å². The van der Waals surface area contributed by atoms with Crippen molar-refractivity contribution in [2.45, 2.75) is 43.5 Å². The third-order valence-electron chi connectivity index (χ3n) is 4.25. The highest BCUT2D eigenvalue weighted by Gasteiger charge is 2.42. The Balaban J connectivity index is 1.82. The van der Waals surface area contributed by atoms with Crippen molar-refractivity contribution in [2.24, 2.45) is 5.92 Å². The van der Waals surface area contributed by atoms with Crippen molar-refractivity contribution in [3.05, 3.63) is 0 Å². The zero-order chi connectivity index (χ0) is 11.6. The first-order valence-corrected chi connectivity index (χ1v) is 7.78. The number of hydrogen-bond acceptors (Lipinski definition) is 3. The molecule has 2 atom stereocenters. The molecular weight excluding hydrogens is 218 g/mol. The van der Waals surface area contributed by atoms with Gasteiger partial charge in [-0.1, -0.05) is 6.92 Å². The maximum absolute atomic E-state index is 6.15. The van der Waals surface area contributed by atoms with Crippen molar-refractivity contribution >= 4 is 11.8 Å². The quantitative estimate of drug-likeness (QED) is 0.756. The molecule has 0 aromatic carbocycles. The van der Waals surface area contributed by atoms with E-state index in [4.69, 9.17) is 4.74 Å². The van der Waals surface area contributed by atoms with Gasteiger partial charge in [0.1, 0.15) is 0 Å². The lowest BCUT2D eigenvalue weighted by molar-refractivity contribution is -0.0394. The first kappa shape index (κ1) is 12.7. The van der Waals surface area contributed by atoms with Crippen molar-refractivity contribution < 1.29 is 4.74 Å². The van der Waals surface area contributed by atoms with Gasteiger partial charge in [0.05, 0.1) is 12.2 Å². The molecule has 94 valence electrons. The molecule has 0 bridgehead atoms. The van der Waals surface area contributed by atoms with Gasteiger partial charge in [-0.15, -0.1) is 0 Å². The van der Waals surface area contributed by atoms with Gasteiger partial charge < -0.3 is 9.64 Å². The van der Waals surface area contributed by atoms with Gasteiger partial charge in [0.25, 0.3) is 0 Å². The van der Waals surface area contributed by atoms with Crippen LogP contribution in [0.2, 0.25) is 0 Å². The second kappa shape index (κ2) is 5.28.